The van der Waals surface area contributed by atoms with Crippen LogP contribution in [0.4, 0.5) is 11.4 Å². The van der Waals surface area contributed by atoms with E-state index in [1.165, 1.54) is 18.2 Å². The summed E-state index contributed by atoms with van der Waals surface area (Å²) >= 11 is 12.0. The maximum Gasteiger partial charge on any atom is 0.270 e. The number of nitrogens with zero attached hydrogens (tertiary/aromatic N) is 2. The number of carbonyl (C=O) groups is 1. The van der Waals surface area contributed by atoms with Crippen LogP contribution in [0.25, 0.3) is 17.4 Å². The summed E-state index contributed by atoms with van der Waals surface area (Å²) in [6, 6.07) is 14.1. The predicted molar refractivity (Wildman–Crippen MR) is 114 cm³/mol. The number of halogens is 2. The molecule has 2 aromatic carbocycles. The minimum absolute atomic E-state index is 0.0698. The zero-order chi connectivity index (χ0) is 21.8. The van der Waals surface area contributed by atoms with E-state index in [4.69, 9.17) is 27.6 Å². The van der Waals surface area contributed by atoms with Crippen LogP contribution < -0.4 is 5.32 Å². The largest absolute Gasteiger partial charge is 0.457 e. The van der Waals surface area contributed by atoms with Crippen LogP contribution in [-0.2, 0) is 4.79 Å². The Morgan fingerprint density at radius 1 is 1.23 bits per heavy atom. The Bertz CT molecular complexity index is 1230. The van der Waals surface area contributed by atoms with Gasteiger partial charge in [0.1, 0.15) is 23.2 Å². The molecule has 0 bridgehead atoms. The molecule has 7 nitrogen and oxygen atoms in total. The Labute approximate surface area is 181 Å². The Morgan fingerprint density at radius 2 is 2.00 bits per heavy atom. The molecule has 1 heterocycles. The summed E-state index contributed by atoms with van der Waals surface area (Å²) in [5.74, 6) is -0.0797. The molecule has 0 unspecified atom stereocenters. The third kappa shape index (κ3) is 4.51. The number of carbonyl (C=O) groups excluding carboxylic acids is 1. The van der Waals surface area contributed by atoms with Crippen molar-refractivity contribution in [2.24, 2.45) is 0 Å². The highest BCUT2D eigenvalue weighted by Gasteiger charge is 2.16. The van der Waals surface area contributed by atoms with Gasteiger partial charge in [0, 0.05) is 23.8 Å². The van der Waals surface area contributed by atoms with Gasteiger partial charge in [0.05, 0.1) is 20.7 Å². The third-order valence-electron chi connectivity index (χ3n) is 4.18. The molecule has 3 aromatic rings. The molecule has 3 rings (SSSR count). The van der Waals surface area contributed by atoms with Gasteiger partial charge in [-0.25, -0.2) is 0 Å². The number of nitro groups is 1. The van der Waals surface area contributed by atoms with Gasteiger partial charge in [0.2, 0.25) is 0 Å². The van der Waals surface area contributed by atoms with Crippen LogP contribution in [0.1, 0.15) is 11.3 Å². The van der Waals surface area contributed by atoms with Gasteiger partial charge in [0.15, 0.2) is 0 Å². The fourth-order valence-corrected chi connectivity index (χ4v) is 2.99. The number of aryl methyl sites for hydroxylation is 1. The molecule has 1 aromatic heterocycles. The Morgan fingerprint density at radius 3 is 2.70 bits per heavy atom. The van der Waals surface area contributed by atoms with Crippen molar-refractivity contribution in [3.8, 4) is 17.4 Å². The van der Waals surface area contributed by atoms with E-state index in [-0.39, 0.29) is 32.8 Å². The number of hydrogen-bond acceptors (Lipinski definition) is 5. The van der Waals surface area contributed by atoms with E-state index in [0.717, 1.165) is 5.56 Å². The van der Waals surface area contributed by atoms with E-state index in [1.807, 2.05) is 6.07 Å². The lowest BCUT2D eigenvalue weighted by atomic mass is 10.1. The second kappa shape index (κ2) is 8.82. The Kier molecular flexibility index (Phi) is 6.21. The fourth-order valence-electron chi connectivity index (χ4n) is 2.65. The molecule has 9 heteroatoms. The van der Waals surface area contributed by atoms with E-state index < -0.39 is 10.8 Å². The maximum absolute atomic E-state index is 12.4. The van der Waals surface area contributed by atoms with Crippen molar-refractivity contribution in [2.75, 3.05) is 5.32 Å². The topological polar surface area (TPSA) is 109 Å². The molecule has 30 heavy (non-hydrogen) atoms. The molecule has 1 N–H and O–H groups in total. The average molecular weight is 442 g/mol. The highest BCUT2D eigenvalue weighted by Crippen LogP contribution is 2.31. The quantitative estimate of drug-likeness (QED) is 0.225. The third-order valence-corrected chi connectivity index (χ3v) is 4.99. The zero-order valence-corrected chi connectivity index (χ0v) is 17.0. The van der Waals surface area contributed by atoms with Crippen LogP contribution in [0.2, 0.25) is 10.0 Å². The Balaban J connectivity index is 1.88. The molecule has 150 valence electrons. The first-order valence-electron chi connectivity index (χ1n) is 8.52. The van der Waals surface area contributed by atoms with Gasteiger partial charge >= 0.3 is 0 Å². The van der Waals surface area contributed by atoms with E-state index >= 15 is 0 Å². The van der Waals surface area contributed by atoms with Crippen molar-refractivity contribution >= 4 is 46.6 Å². The molecule has 0 saturated heterocycles. The van der Waals surface area contributed by atoms with E-state index in [2.05, 4.69) is 5.32 Å². The summed E-state index contributed by atoms with van der Waals surface area (Å²) in [4.78, 5) is 23.0. The van der Waals surface area contributed by atoms with Gasteiger partial charge in [0.25, 0.3) is 11.6 Å². The van der Waals surface area contributed by atoms with Crippen molar-refractivity contribution in [3.05, 3.63) is 85.6 Å². The zero-order valence-electron chi connectivity index (χ0n) is 15.5. The van der Waals surface area contributed by atoms with Crippen LogP contribution in [0.3, 0.4) is 0 Å². The standard InChI is InChI=1S/C21H13Cl2N3O4/c1-12-5-6-14(26(28)29)10-16(12)19-8-7-15(30-19)9-13(11-24)21(27)25-18-4-2-3-17(22)20(18)23/h2-10H,1H3,(H,25,27)/b13-9-. The second-order valence-corrected chi connectivity index (χ2v) is 6.97. The molecular weight excluding hydrogens is 429 g/mol. The van der Waals surface area contributed by atoms with Crippen molar-refractivity contribution in [3.63, 3.8) is 0 Å². The molecule has 0 fully saturated rings. The lowest BCUT2D eigenvalue weighted by Crippen LogP contribution is -2.13. The lowest BCUT2D eigenvalue weighted by molar-refractivity contribution is -0.384. The molecular formula is C21H13Cl2N3O4. The molecule has 1 amide bonds. The molecule has 0 aliphatic heterocycles. The lowest BCUT2D eigenvalue weighted by Gasteiger charge is -2.07. The number of non-ortho nitro benzene ring substituents is 1. The summed E-state index contributed by atoms with van der Waals surface area (Å²) in [6.07, 6.45) is 1.27. The average Bonchev–Trinajstić information content (AvgIpc) is 3.18. The van der Waals surface area contributed by atoms with Gasteiger partial charge in [-0.3, -0.25) is 14.9 Å². The monoisotopic (exact) mass is 441 g/mol. The SMILES string of the molecule is Cc1ccc([N+](=O)[O-])cc1-c1ccc(/C=C(/C#N)C(=O)Nc2cccc(Cl)c2Cl)o1. The Hall–Kier alpha value is -3.60. The summed E-state index contributed by atoms with van der Waals surface area (Å²) in [6.45, 7) is 1.79. The first kappa shape index (κ1) is 21.1. The fraction of sp³-hybridized carbons (Fsp3) is 0.0476. The number of hydrogen-bond donors (Lipinski definition) is 1. The normalized spacial score (nSPS) is 11.1. The number of benzene rings is 2. The van der Waals surface area contributed by atoms with Gasteiger partial charge in [-0.05, 0) is 36.8 Å². The maximum atomic E-state index is 12.4. The number of nitro benzene ring substituents is 1. The van der Waals surface area contributed by atoms with Crippen molar-refractivity contribution in [1.29, 1.82) is 5.26 Å². The first-order valence-corrected chi connectivity index (χ1v) is 9.28. The smallest absolute Gasteiger partial charge is 0.270 e. The molecule has 0 radical (unpaired) electrons. The summed E-state index contributed by atoms with van der Waals surface area (Å²) in [5.41, 5.74) is 1.29. The summed E-state index contributed by atoms with van der Waals surface area (Å²) in [5, 5.41) is 23.3. The number of rotatable bonds is 5. The van der Waals surface area contributed by atoms with Crippen LogP contribution in [0, 0.1) is 28.4 Å². The van der Waals surface area contributed by atoms with Crippen molar-refractivity contribution < 1.29 is 14.1 Å². The predicted octanol–water partition coefficient (Wildman–Crippen LogP) is 6.02. The van der Waals surface area contributed by atoms with Crippen LogP contribution in [-0.4, -0.2) is 10.8 Å². The molecule has 0 aliphatic carbocycles. The van der Waals surface area contributed by atoms with Gasteiger partial charge in [-0.1, -0.05) is 35.3 Å². The molecule has 0 atom stereocenters. The second-order valence-electron chi connectivity index (χ2n) is 6.18. The van der Waals surface area contributed by atoms with Crippen LogP contribution in [0.5, 0.6) is 0 Å². The van der Waals surface area contributed by atoms with Crippen LogP contribution >= 0.6 is 23.2 Å². The van der Waals surface area contributed by atoms with Gasteiger partial charge < -0.3 is 9.73 Å². The molecule has 0 aliphatic rings. The van der Waals surface area contributed by atoms with Crippen molar-refractivity contribution in [2.45, 2.75) is 6.92 Å². The minimum atomic E-state index is -0.689. The number of nitrogens with one attached hydrogen (secondary N) is 1. The molecule has 0 spiro atoms. The number of nitriles is 1. The van der Waals surface area contributed by atoms with Crippen LogP contribution in [0.15, 0.2) is 58.5 Å². The van der Waals surface area contributed by atoms with E-state index in [9.17, 15) is 20.2 Å². The highest BCUT2D eigenvalue weighted by molar-refractivity contribution is 6.44. The van der Waals surface area contributed by atoms with E-state index in [1.54, 1.807) is 43.3 Å². The van der Waals surface area contributed by atoms with Gasteiger partial charge in [-0.15, -0.1) is 0 Å². The first-order chi connectivity index (χ1) is 14.3. The van der Waals surface area contributed by atoms with E-state index in [0.29, 0.717) is 11.3 Å². The van der Waals surface area contributed by atoms with Crippen molar-refractivity contribution in [1.82, 2.24) is 0 Å². The highest BCUT2D eigenvalue weighted by atomic mass is 35.5. The molecule has 0 saturated carbocycles. The number of furan rings is 1. The summed E-state index contributed by atoms with van der Waals surface area (Å²) < 4.78 is 5.68. The number of amides is 1. The summed E-state index contributed by atoms with van der Waals surface area (Å²) in [7, 11) is 0. The minimum Gasteiger partial charge on any atom is -0.457 e. The number of anilines is 1. The van der Waals surface area contributed by atoms with Gasteiger partial charge in [-0.2, -0.15) is 5.26 Å².